The summed E-state index contributed by atoms with van der Waals surface area (Å²) in [5.41, 5.74) is 2.63. The maximum Gasteiger partial charge on any atom is 0.319 e. The van der Waals surface area contributed by atoms with Crippen LogP contribution in [0.1, 0.15) is 86.7 Å². The standard InChI is InChI=1S/C53H59F2N9O6/c1-3-36-40(54)8-5-31-20-35(65)21-38(43(31)36)45-44(55)46-39(24-56-45)47(63-14-4-11-51(2,69)26-63)59-50(58-46)70-30-52(12-13-52)27-60-28-53(29-60)22-34(23-53)62-17-15-61(16-18-62)33-6-7-37-32(19-33)25-64(49(37)68)41-9-10-42(66)57-48(41)67/h5-8,19-21,24,34,41,65,69H,3-4,9-18,22-23,25-30H2,1-2H3,(H,57,66,67)/t41-,51+/m0/s1. The smallest absolute Gasteiger partial charge is 0.319 e. The first-order valence-electron chi connectivity index (χ1n) is 25.1. The highest BCUT2D eigenvalue weighted by Gasteiger charge is 2.56. The van der Waals surface area contributed by atoms with Gasteiger partial charge in [0.25, 0.3) is 5.91 Å². The van der Waals surface area contributed by atoms with Gasteiger partial charge in [-0.1, -0.05) is 13.0 Å². The van der Waals surface area contributed by atoms with Crippen LogP contribution in [0.5, 0.6) is 11.8 Å². The van der Waals surface area contributed by atoms with E-state index in [4.69, 9.17) is 9.72 Å². The van der Waals surface area contributed by atoms with Gasteiger partial charge in [0, 0.05) is 106 Å². The Hall–Kier alpha value is -6.04. The molecule has 0 radical (unpaired) electrons. The van der Waals surface area contributed by atoms with Gasteiger partial charge in [-0.15, -0.1) is 0 Å². The Morgan fingerprint density at radius 2 is 1.71 bits per heavy atom. The molecule has 1 spiro atoms. The number of fused-ring (bicyclic) bond motifs is 3. The summed E-state index contributed by atoms with van der Waals surface area (Å²) in [5, 5.41) is 25.6. The molecule has 3 N–H and O–H groups in total. The number of aliphatic hydroxyl groups is 1. The number of anilines is 2. The number of carbonyl (C=O) groups is 3. The number of aryl methyl sites for hydroxylation is 1. The minimum atomic E-state index is -0.965. The molecule has 7 aliphatic rings. The minimum absolute atomic E-state index is 0.0117. The third-order valence-electron chi connectivity index (χ3n) is 16.6. The number of likely N-dealkylation sites (tertiary alicyclic amines) is 1. The van der Waals surface area contributed by atoms with E-state index in [1.807, 2.05) is 24.0 Å². The van der Waals surface area contributed by atoms with Gasteiger partial charge in [0.2, 0.25) is 11.8 Å². The highest BCUT2D eigenvalue weighted by atomic mass is 19.1. The zero-order chi connectivity index (χ0) is 48.3. The van der Waals surface area contributed by atoms with E-state index < -0.39 is 29.2 Å². The number of aromatic nitrogens is 3. The molecule has 2 atom stereocenters. The molecular formula is C53H59F2N9O6. The van der Waals surface area contributed by atoms with Crippen LogP contribution in [0, 0.1) is 22.5 Å². The van der Waals surface area contributed by atoms with Crippen LogP contribution in [0.25, 0.3) is 32.9 Å². The van der Waals surface area contributed by atoms with Crippen molar-refractivity contribution >= 4 is 50.9 Å². The van der Waals surface area contributed by atoms with E-state index in [0.29, 0.717) is 90.1 Å². The molecule has 17 heteroatoms. The Morgan fingerprint density at radius 1 is 0.914 bits per heavy atom. The molecule has 5 aromatic rings. The van der Waals surface area contributed by atoms with Gasteiger partial charge in [-0.25, -0.2) is 8.78 Å². The molecule has 6 fully saturated rings. The fraction of sp³-hybridized carbons (Fsp3) is 0.509. The molecule has 5 aliphatic heterocycles. The number of nitrogens with zero attached hydrogens (tertiary/aromatic N) is 8. The lowest BCUT2D eigenvalue weighted by Crippen LogP contribution is -2.68. The second kappa shape index (κ2) is 16.8. The molecule has 3 amide bonds. The highest BCUT2D eigenvalue weighted by Crippen LogP contribution is 2.54. The number of pyridine rings is 1. The Labute approximate surface area is 404 Å². The maximum atomic E-state index is 17.1. The molecule has 2 saturated carbocycles. The lowest BCUT2D eigenvalue weighted by molar-refractivity contribution is -0.136. The number of β-amino-alcohol motifs (C(OH)–C–C–N with tert-alkyl or cyclic N) is 1. The van der Waals surface area contributed by atoms with Crippen LogP contribution < -0.4 is 19.9 Å². The average Bonchev–Trinajstić information content (AvgIpc) is 4.01. The maximum absolute atomic E-state index is 17.1. The van der Waals surface area contributed by atoms with Crippen molar-refractivity contribution < 1.29 is 38.1 Å². The number of phenolic OH excluding ortho intramolecular Hbond substituents is 1. The molecule has 366 valence electrons. The van der Waals surface area contributed by atoms with Crippen molar-refractivity contribution in [3.63, 3.8) is 0 Å². The Kier molecular flexibility index (Phi) is 10.8. The van der Waals surface area contributed by atoms with Crippen molar-refractivity contribution in [3.8, 4) is 23.0 Å². The summed E-state index contributed by atoms with van der Waals surface area (Å²) in [6, 6.07) is 11.9. The topological polar surface area (TPSA) is 168 Å². The summed E-state index contributed by atoms with van der Waals surface area (Å²) in [5.74, 6) is -1.62. The number of rotatable bonds is 11. The number of carbonyl (C=O) groups excluding carboxylic acids is 3. The third-order valence-corrected chi connectivity index (χ3v) is 16.6. The fourth-order valence-corrected chi connectivity index (χ4v) is 12.7. The summed E-state index contributed by atoms with van der Waals surface area (Å²) in [7, 11) is 0. The van der Waals surface area contributed by atoms with Gasteiger partial charge >= 0.3 is 6.01 Å². The van der Waals surface area contributed by atoms with Crippen LogP contribution in [0.2, 0.25) is 0 Å². The van der Waals surface area contributed by atoms with Crippen LogP contribution >= 0.6 is 0 Å². The van der Waals surface area contributed by atoms with Gasteiger partial charge in [-0.2, -0.15) is 9.97 Å². The zero-order valence-electron chi connectivity index (χ0n) is 39.8. The van der Waals surface area contributed by atoms with Gasteiger partial charge in [0.05, 0.1) is 17.6 Å². The van der Waals surface area contributed by atoms with Crippen molar-refractivity contribution in [2.45, 2.75) is 95.9 Å². The number of piperidine rings is 2. The number of hydrogen-bond donors (Lipinski definition) is 3. The summed E-state index contributed by atoms with van der Waals surface area (Å²) in [6.07, 6.45) is 8.25. The summed E-state index contributed by atoms with van der Waals surface area (Å²) < 4.78 is 38.7. The van der Waals surface area contributed by atoms with E-state index in [9.17, 15) is 24.6 Å². The van der Waals surface area contributed by atoms with Crippen LogP contribution in [-0.4, -0.2) is 141 Å². The van der Waals surface area contributed by atoms with E-state index in [2.05, 4.69) is 36.1 Å². The molecule has 0 unspecified atom stereocenters. The van der Waals surface area contributed by atoms with Crippen molar-refractivity contribution in [2.75, 3.05) is 75.3 Å². The van der Waals surface area contributed by atoms with Crippen molar-refractivity contribution in [1.82, 2.24) is 35.0 Å². The molecule has 2 aliphatic carbocycles. The van der Waals surface area contributed by atoms with E-state index in [1.165, 1.54) is 37.2 Å². The predicted octanol–water partition coefficient (Wildman–Crippen LogP) is 5.95. The first-order chi connectivity index (χ1) is 33.7. The molecule has 70 heavy (non-hydrogen) atoms. The number of halogens is 2. The molecule has 7 heterocycles. The number of benzene rings is 3. The minimum Gasteiger partial charge on any atom is -0.508 e. The molecule has 4 saturated heterocycles. The summed E-state index contributed by atoms with van der Waals surface area (Å²) >= 11 is 0. The van der Waals surface area contributed by atoms with E-state index in [-0.39, 0.29) is 52.2 Å². The van der Waals surface area contributed by atoms with E-state index in [0.717, 1.165) is 76.3 Å². The molecule has 3 aromatic carbocycles. The Morgan fingerprint density at radius 3 is 2.46 bits per heavy atom. The number of imide groups is 1. The van der Waals surface area contributed by atoms with Crippen LogP contribution in [-0.2, 0) is 22.6 Å². The van der Waals surface area contributed by atoms with E-state index >= 15 is 8.78 Å². The second-order valence-electron chi connectivity index (χ2n) is 21.8. The number of ether oxygens (including phenoxy) is 1. The molecular weight excluding hydrogens is 897 g/mol. The summed E-state index contributed by atoms with van der Waals surface area (Å²) in [6.45, 7) is 12.1. The third kappa shape index (κ3) is 7.97. The van der Waals surface area contributed by atoms with Crippen LogP contribution in [0.4, 0.5) is 20.3 Å². The van der Waals surface area contributed by atoms with Crippen molar-refractivity contribution in [3.05, 3.63) is 77.0 Å². The fourth-order valence-electron chi connectivity index (χ4n) is 12.7. The quantitative estimate of drug-likeness (QED) is 0.133. The zero-order valence-corrected chi connectivity index (χ0v) is 39.8. The number of aromatic hydroxyl groups is 1. The first kappa shape index (κ1) is 45.1. The Bertz CT molecular complexity index is 2980. The summed E-state index contributed by atoms with van der Waals surface area (Å²) in [4.78, 5) is 62.7. The Balaban J connectivity index is 0.685. The number of amides is 3. The molecule has 15 nitrogen and oxygen atoms in total. The number of phenols is 1. The molecule has 2 aromatic heterocycles. The molecule has 0 bridgehead atoms. The van der Waals surface area contributed by atoms with Crippen molar-refractivity contribution in [1.29, 1.82) is 0 Å². The average molecular weight is 956 g/mol. The predicted molar refractivity (Wildman–Crippen MR) is 259 cm³/mol. The first-order valence-corrected chi connectivity index (χ1v) is 25.1. The highest BCUT2D eigenvalue weighted by molar-refractivity contribution is 6.06. The lowest BCUT2D eigenvalue weighted by atomic mass is 9.60. The number of hydrogen-bond acceptors (Lipinski definition) is 13. The van der Waals surface area contributed by atoms with Gasteiger partial charge in [0.1, 0.15) is 34.6 Å². The van der Waals surface area contributed by atoms with E-state index in [1.54, 1.807) is 17.9 Å². The van der Waals surface area contributed by atoms with Gasteiger partial charge in [-0.05, 0) is 122 Å². The van der Waals surface area contributed by atoms with Crippen LogP contribution in [0.15, 0.2) is 48.7 Å². The normalized spacial score (nSPS) is 24.6. The SMILES string of the molecule is CCc1c(F)ccc2cc(O)cc(-c3ncc4c(N5CCC[C@@](C)(O)C5)nc(OCC5(CN6CC7(CC(N8CCN(c9ccc%10c(c9)CN([C@H]9CCC(=O)NC9=O)C%10=O)CC8)C7)C6)CC5)nc4c3F)c12. The second-order valence-corrected chi connectivity index (χ2v) is 21.8. The lowest BCUT2D eigenvalue weighted by Gasteiger charge is -2.62. The van der Waals surface area contributed by atoms with Crippen molar-refractivity contribution in [2.24, 2.45) is 10.8 Å². The molecule has 12 rings (SSSR count). The van der Waals surface area contributed by atoms with Gasteiger partial charge < -0.3 is 34.5 Å². The van der Waals surface area contributed by atoms with Gasteiger partial charge in [0.15, 0.2) is 5.82 Å². The number of nitrogens with one attached hydrogen (secondary N) is 1. The number of piperazine rings is 1. The monoisotopic (exact) mass is 955 g/mol. The van der Waals surface area contributed by atoms with Gasteiger partial charge in [-0.3, -0.25) is 29.6 Å². The largest absolute Gasteiger partial charge is 0.508 e. The van der Waals surface area contributed by atoms with Crippen LogP contribution in [0.3, 0.4) is 0 Å².